The van der Waals surface area contributed by atoms with Gasteiger partial charge in [-0.25, -0.2) is 4.79 Å². The number of amides is 2. The number of aliphatic hydroxyl groups excluding tert-OH is 1. The Morgan fingerprint density at radius 3 is 2.17 bits per heavy atom. The van der Waals surface area contributed by atoms with Crippen LogP contribution in [0.4, 0.5) is 4.79 Å². The standard InChI is InChI=1S/C33H38Cl2N4O3/c1-7-42-27-18-28(31(2,3)4)36-19-26(27)29-37-32(5,21-8-12-23(34)13-9-21)33(6,22-10-14-24(35)15-11-22)39(29)30(41)38-17-16-25(40)20-38/h8-15,18-19,25,40H,7,16-17,20H2,1-6H3. The zero-order valence-electron chi connectivity index (χ0n) is 25.0. The minimum absolute atomic E-state index is 0.210. The summed E-state index contributed by atoms with van der Waals surface area (Å²) >= 11 is 12.6. The Labute approximate surface area is 258 Å². The molecule has 1 N–H and O–H groups in total. The third-order valence-electron chi connectivity index (χ3n) is 8.55. The van der Waals surface area contributed by atoms with Crippen LogP contribution < -0.4 is 4.74 Å². The van der Waals surface area contributed by atoms with Gasteiger partial charge in [0.05, 0.1) is 18.3 Å². The lowest BCUT2D eigenvalue weighted by atomic mass is 9.71. The summed E-state index contributed by atoms with van der Waals surface area (Å²) in [4.78, 5) is 28.3. The van der Waals surface area contributed by atoms with Crippen molar-refractivity contribution in [3.8, 4) is 5.75 Å². The number of urea groups is 1. The number of β-amino-alcohol motifs (C(OH)–C–C–N with tert-alkyl or cyclic N) is 1. The van der Waals surface area contributed by atoms with Crippen LogP contribution in [0.25, 0.3) is 0 Å². The van der Waals surface area contributed by atoms with Crippen molar-refractivity contribution in [2.75, 3.05) is 19.7 Å². The second-order valence-corrected chi connectivity index (χ2v) is 13.2. The predicted octanol–water partition coefficient (Wildman–Crippen LogP) is 7.16. The van der Waals surface area contributed by atoms with E-state index in [-0.39, 0.29) is 18.0 Å². The molecule has 0 radical (unpaired) electrons. The molecule has 2 aliphatic heterocycles. The molecule has 0 saturated carbocycles. The number of halogens is 2. The molecule has 3 atom stereocenters. The van der Waals surface area contributed by atoms with Gasteiger partial charge in [-0.05, 0) is 62.6 Å². The number of benzene rings is 2. The smallest absolute Gasteiger partial charge is 0.326 e. The molecule has 5 rings (SSSR count). The zero-order chi connectivity index (χ0) is 30.4. The van der Waals surface area contributed by atoms with Crippen molar-refractivity contribution in [3.05, 3.63) is 93.2 Å². The van der Waals surface area contributed by atoms with Crippen molar-refractivity contribution < 1.29 is 14.6 Å². The molecule has 3 heterocycles. The molecule has 3 unspecified atom stereocenters. The van der Waals surface area contributed by atoms with Crippen molar-refractivity contribution in [1.82, 2.24) is 14.8 Å². The Bertz CT molecular complexity index is 1500. The Kier molecular flexibility index (Phi) is 8.07. The first-order valence-corrected chi connectivity index (χ1v) is 15.1. The summed E-state index contributed by atoms with van der Waals surface area (Å²) in [5.74, 6) is 1.06. The number of aliphatic imine (C=N–C) groups is 1. The van der Waals surface area contributed by atoms with E-state index in [1.54, 1.807) is 16.0 Å². The third kappa shape index (κ3) is 5.16. The second kappa shape index (κ2) is 11.2. The highest BCUT2D eigenvalue weighted by atomic mass is 35.5. The fraction of sp³-hybridized carbons (Fsp3) is 0.424. The van der Waals surface area contributed by atoms with Crippen LogP contribution in [0, 0.1) is 0 Å². The number of hydrogen-bond donors (Lipinski definition) is 1. The van der Waals surface area contributed by atoms with Gasteiger partial charge in [-0.3, -0.25) is 14.9 Å². The van der Waals surface area contributed by atoms with Gasteiger partial charge < -0.3 is 14.7 Å². The Morgan fingerprint density at radius 2 is 1.64 bits per heavy atom. The number of amidine groups is 1. The van der Waals surface area contributed by atoms with Gasteiger partial charge in [0, 0.05) is 46.5 Å². The maximum absolute atomic E-state index is 14.7. The fourth-order valence-electron chi connectivity index (χ4n) is 5.91. The first-order valence-electron chi connectivity index (χ1n) is 14.3. The summed E-state index contributed by atoms with van der Waals surface area (Å²) in [6.45, 7) is 13.4. The van der Waals surface area contributed by atoms with Gasteiger partial charge in [-0.15, -0.1) is 0 Å². The first-order chi connectivity index (χ1) is 19.8. The molecular formula is C33H38Cl2N4O3. The van der Waals surface area contributed by atoms with E-state index in [1.165, 1.54) is 0 Å². The van der Waals surface area contributed by atoms with Gasteiger partial charge in [0.2, 0.25) is 0 Å². The van der Waals surface area contributed by atoms with Gasteiger partial charge in [-0.2, -0.15) is 0 Å². The lowest BCUT2D eigenvalue weighted by Gasteiger charge is -2.46. The van der Waals surface area contributed by atoms with Crippen LogP contribution in [0.2, 0.25) is 10.0 Å². The highest BCUT2D eigenvalue weighted by Crippen LogP contribution is 2.54. The number of ether oxygens (including phenoxy) is 1. The van der Waals surface area contributed by atoms with Crippen LogP contribution in [-0.4, -0.2) is 57.6 Å². The van der Waals surface area contributed by atoms with Crippen LogP contribution in [0.5, 0.6) is 5.75 Å². The maximum atomic E-state index is 14.7. The average Bonchev–Trinajstić information content (AvgIpc) is 3.48. The average molecular weight is 610 g/mol. The molecule has 42 heavy (non-hydrogen) atoms. The van der Waals surface area contributed by atoms with E-state index in [1.807, 2.05) is 75.4 Å². The third-order valence-corrected chi connectivity index (χ3v) is 9.05. The van der Waals surface area contributed by atoms with Crippen LogP contribution >= 0.6 is 23.2 Å². The molecule has 2 amide bonds. The van der Waals surface area contributed by atoms with Crippen molar-refractivity contribution in [3.63, 3.8) is 0 Å². The number of rotatable bonds is 5. The number of aromatic nitrogens is 1. The topological polar surface area (TPSA) is 78.3 Å². The molecule has 0 bridgehead atoms. The molecule has 2 aromatic carbocycles. The molecule has 0 spiro atoms. The van der Waals surface area contributed by atoms with Gasteiger partial charge in [0.15, 0.2) is 0 Å². The number of nitrogens with zero attached hydrogens (tertiary/aromatic N) is 4. The molecule has 3 aromatic rings. The molecule has 1 aromatic heterocycles. The number of carbonyl (C=O) groups excluding carboxylic acids is 1. The molecule has 1 saturated heterocycles. The maximum Gasteiger partial charge on any atom is 0.326 e. The van der Waals surface area contributed by atoms with Crippen LogP contribution in [0.1, 0.15) is 70.3 Å². The van der Waals surface area contributed by atoms with Crippen LogP contribution in [0.15, 0.2) is 65.8 Å². The van der Waals surface area contributed by atoms with E-state index in [2.05, 4.69) is 20.8 Å². The van der Waals surface area contributed by atoms with Crippen molar-refractivity contribution in [2.24, 2.45) is 4.99 Å². The molecule has 9 heteroatoms. The van der Waals surface area contributed by atoms with E-state index in [9.17, 15) is 9.90 Å². The minimum atomic E-state index is -1.02. The van der Waals surface area contributed by atoms with E-state index < -0.39 is 17.2 Å². The lowest BCUT2D eigenvalue weighted by Crippen LogP contribution is -2.58. The number of carbonyl (C=O) groups is 1. The number of likely N-dealkylation sites (tertiary alicyclic amines) is 1. The summed E-state index contributed by atoms with van der Waals surface area (Å²) in [5.41, 5.74) is 1.05. The van der Waals surface area contributed by atoms with Crippen LogP contribution in [-0.2, 0) is 16.5 Å². The second-order valence-electron chi connectivity index (χ2n) is 12.3. The van der Waals surface area contributed by atoms with Crippen molar-refractivity contribution in [2.45, 2.75) is 70.6 Å². The normalized spacial score (nSPS) is 24.2. The summed E-state index contributed by atoms with van der Waals surface area (Å²) in [5, 5.41) is 11.6. The number of hydrogen-bond acceptors (Lipinski definition) is 5. The molecule has 0 aliphatic carbocycles. The Balaban J connectivity index is 1.81. The Morgan fingerprint density at radius 1 is 1.05 bits per heavy atom. The largest absolute Gasteiger partial charge is 0.493 e. The molecule has 1 fully saturated rings. The zero-order valence-corrected chi connectivity index (χ0v) is 26.5. The monoisotopic (exact) mass is 608 g/mol. The SMILES string of the molecule is CCOc1cc(C(C)(C)C)ncc1C1=NC(C)(c2ccc(Cl)cc2)C(C)(c2ccc(Cl)cc2)N1C(=O)N1CCC(O)C1. The summed E-state index contributed by atoms with van der Waals surface area (Å²) < 4.78 is 6.19. The summed E-state index contributed by atoms with van der Waals surface area (Å²) in [6.07, 6.45) is 1.71. The molecule has 2 aliphatic rings. The van der Waals surface area contributed by atoms with Gasteiger partial charge in [0.1, 0.15) is 22.7 Å². The van der Waals surface area contributed by atoms with E-state index in [0.29, 0.717) is 46.8 Å². The van der Waals surface area contributed by atoms with Gasteiger partial charge >= 0.3 is 6.03 Å². The van der Waals surface area contributed by atoms with Gasteiger partial charge in [-0.1, -0.05) is 68.2 Å². The van der Waals surface area contributed by atoms with E-state index in [4.69, 9.17) is 37.9 Å². The Hall–Kier alpha value is -3.13. The molecule has 222 valence electrons. The molecule has 7 nitrogen and oxygen atoms in total. The minimum Gasteiger partial charge on any atom is -0.493 e. The first kappa shape index (κ1) is 30.3. The van der Waals surface area contributed by atoms with Crippen molar-refractivity contribution in [1.29, 1.82) is 0 Å². The highest BCUT2D eigenvalue weighted by Gasteiger charge is 2.60. The predicted molar refractivity (Wildman–Crippen MR) is 168 cm³/mol. The highest BCUT2D eigenvalue weighted by molar-refractivity contribution is 6.30. The number of pyridine rings is 1. The molecular weight excluding hydrogens is 571 g/mol. The van der Waals surface area contributed by atoms with E-state index in [0.717, 1.165) is 16.8 Å². The quantitative estimate of drug-likeness (QED) is 0.333. The van der Waals surface area contributed by atoms with Gasteiger partial charge in [0.25, 0.3) is 0 Å². The summed E-state index contributed by atoms with van der Waals surface area (Å²) in [6, 6.07) is 16.8. The fourth-order valence-corrected chi connectivity index (χ4v) is 6.17. The van der Waals surface area contributed by atoms with Crippen LogP contribution in [0.3, 0.4) is 0 Å². The number of aliphatic hydroxyl groups is 1. The van der Waals surface area contributed by atoms with E-state index >= 15 is 0 Å². The van der Waals surface area contributed by atoms with Crippen molar-refractivity contribution >= 4 is 35.1 Å². The summed E-state index contributed by atoms with van der Waals surface area (Å²) in [7, 11) is 0. The lowest BCUT2D eigenvalue weighted by molar-refractivity contribution is 0.108.